The summed E-state index contributed by atoms with van der Waals surface area (Å²) in [5.74, 6) is -0.367. The van der Waals surface area contributed by atoms with Gasteiger partial charge in [-0.15, -0.1) is 0 Å². The van der Waals surface area contributed by atoms with Gasteiger partial charge in [0.15, 0.2) is 0 Å². The number of nitrogens with one attached hydrogen (secondary N) is 1. The Balaban J connectivity index is 1.67. The van der Waals surface area contributed by atoms with E-state index in [1.165, 1.54) is 0 Å². The molecule has 2 aliphatic rings. The van der Waals surface area contributed by atoms with Gasteiger partial charge >= 0.3 is 0 Å². The first-order valence-corrected chi connectivity index (χ1v) is 11.5. The highest BCUT2D eigenvalue weighted by Gasteiger charge is 2.40. The molecule has 0 saturated heterocycles. The molecule has 2 N–H and O–H groups in total. The zero-order valence-corrected chi connectivity index (χ0v) is 19.1. The molecule has 1 saturated carbocycles. The highest BCUT2D eigenvalue weighted by molar-refractivity contribution is 9.10. The van der Waals surface area contributed by atoms with Crippen molar-refractivity contribution in [1.29, 1.82) is 0 Å². The summed E-state index contributed by atoms with van der Waals surface area (Å²) in [7, 11) is 0. The van der Waals surface area contributed by atoms with Gasteiger partial charge in [0.2, 0.25) is 0 Å². The third-order valence-corrected chi connectivity index (χ3v) is 6.82. The highest BCUT2D eigenvalue weighted by Crippen LogP contribution is 2.41. The quantitative estimate of drug-likeness (QED) is 0.628. The van der Waals surface area contributed by atoms with E-state index in [4.69, 9.17) is 16.7 Å². The third-order valence-electron chi connectivity index (χ3n) is 5.97. The van der Waals surface area contributed by atoms with Gasteiger partial charge in [0.05, 0.1) is 28.9 Å². The zero-order chi connectivity index (χ0) is 21.3. The van der Waals surface area contributed by atoms with E-state index in [-0.39, 0.29) is 23.9 Å². The number of amides is 1. The molecule has 30 heavy (non-hydrogen) atoms. The van der Waals surface area contributed by atoms with E-state index < -0.39 is 6.10 Å². The first kappa shape index (κ1) is 21.3. The number of aliphatic hydroxyl groups is 1. The van der Waals surface area contributed by atoms with E-state index in [1.807, 2.05) is 60.5 Å². The van der Waals surface area contributed by atoms with Gasteiger partial charge in [-0.1, -0.05) is 71.6 Å². The minimum Gasteiger partial charge on any atom is -0.391 e. The van der Waals surface area contributed by atoms with Crippen LogP contribution in [0.4, 0.5) is 5.69 Å². The number of anilines is 1. The Labute approximate surface area is 190 Å². The van der Waals surface area contributed by atoms with Crippen molar-refractivity contribution in [2.45, 2.75) is 50.8 Å². The molecule has 1 heterocycles. The first-order chi connectivity index (χ1) is 14.5. The molecule has 2 aromatic carbocycles. The minimum absolute atomic E-state index is 0.150. The van der Waals surface area contributed by atoms with Gasteiger partial charge in [0, 0.05) is 10.4 Å². The summed E-state index contributed by atoms with van der Waals surface area (Å²) < 4.78 is 0.992. The standard InChI is InChI=1S/C23H25BrClN3O2/c1-14-21(23(30)26-18-7-3-5-9-20(18)29)27-28(19-8-4-2-6-17(19)25)22(14)15-10-12-16(24)13-11-15/h2,4,6,8,10-14,18,20,22,29H,3,5,7,9H2,1H3,(H,26,30)/t14-,18-,20-,22+/m0/s1. The van der Waals surface area contributed by atoms with Gasteiger partial charge in [-0.3, -0.25) is 9.80 Å². The van der Waals surface area contributed by atoms with Crippen LogP contribution >= 0.6 is 27.5 Å². The third kappa shape index (κ3) is 4.27. The Morgan fingerprint density at radius 2 is 1.87 bits per heavy atom. The van der Waals surface area contributed by atoms with Crippen LogP contribution in [0.1, 0.15) is 44.2 Å². The van der Waals surface area contributed by atoms with Crippen LogP contribution in [-0.2, 0) is 4.79 Å². The summed E-state index contributed by atoms with van der Waals surface area (Å²) in [5, 5.41) is 20.4. The second-order valence-electron chi connectivity index (χ2n) is 8.00. The number of carbonyl (C=O) groups excluding carboxylic acids is 1. The van der Waals surface area contributed by atoms with Gasteiger partial charge < -0.3 is 10.4 Å². The smallest absolute Gasteiger partial charge is 0.268 e. The lowest BCUT2D eigenvalue weighted by Gasteiger charge is -2.29. The number of hydrazone groups is 1. The topological polar surface area (TPSA) is 64.9 Å². The van der Waals surface area contributed by atoms with Crippen molar-refractivity contribution in [2.24, 2.45) is 11.0 Å². The summed E-state index contributed by atoms with van der Waals surface area (Å²) >= 11 is 9.97. The first-order valence-electron chi connectivity index (χ1n) is 10.3. The fraction of sp³-hybridized carbons (Fsp3) is 0.391. The number of hydrogen-bond acceptors (Lipinski definition) is 4. The van der Waals surface area contributed by atoms with E-state index in [9.17, 15) is 9.90 Å². The molecule has 0 radical (unpaired) electrons. The average molecular weight is 491 g/mol. The lowest BCUT2D eigenvalue weighted by Crippen LogP contribution is -2.48. The average Bonchev–Trinajstić information content (AvgIpc) is 3.08. The summed E-state index contributed by atoms with van der Waals surface area (Å²) in [4.78, 5) is 13.1. The number of para-hydroxylation sites is 1. The Hall–Kier alpha value is -1.89. The van der Waals surface area contributed by atoms with Crippen molar-refractivity contribution >= 4 is 44.8 Å². The molecular weight excluding hydrogens is 466 g/mol. The van der Waals surface area contributed by atoms with Crippen molar-refractivity contribution in [2.75, 3.05) is 5.01 Å². The number of benzene rings is 2. The molecule has 4 atom stereocenters. The van der Waals surface area contributed by atoms with Crippen molar-refractivity contribution in [1.82, 2.24) is 5.32 Å². The van der Waals surface area contributed by atoms with E-state index in [0.29, 0.717) is 10.7 Å². The number of rotatable bonds is 4. The van der Waals surface area contributed by atoms with E-state index in [0.717, 1.165) is 41.4 Å². The SMILES string of the molecule is C[C@H]1C(C(=O)N[C@H]2CCCC[C@@H]2O)=NN(c2ccccc2Cl)[C@H]1c1ccc(Br)cc1. The van der Waals surface area contributed by atoms with Crippen LogP contribution in [0.5, 0.6) is 0 Å². The molecular formula is C23H25BrClN3O2. The maximum atomic E-state index is 13.1. The second-order valence-corrected chi connectivity index (χ2v) is 9.32. The zero-order valence-electron chi connectivity index (χ0n) is 16.8. The molecule has 0 bridgehead atoms. The fourth-order valence-corrected chi connectivity index (χ4v) is 4.82. The molecule has 1 aliphatic carbocycles. The van der Waals surface area contributed by atoms with Crippen LogP contribution in [-0.4, -0.2) is 28.9 Å². The van der Waals surface area contributed by atoms with Crippen molar-refractivity contribution in [3.05, 3.63) is 63.6 Å². The Kier molecular flexibility index (Phi) is 6.46. The summed E-state index contributed by atoms with van der Waals surface area (Å²) in [6, 6.07) is 15.2. The molecule has 1 fully saturated rings. The predicted molar refractivity (Wildman–Crippen MR) is 124 cm³/mol. The van der Waals surface area contributed by atoms with Crippen molar-refractivity contribution in [3.8, 4) is 0 Å². The molecule has 158 valence electrons. The van der Waals surface area contributed by atoms with Gasteiger partial charge in [-0.05, 0) is 42.7 Å². The molecule has 0 aromatic heterocycles. The lowest BCUT2D eigenvalue weighted by atomic mass is 9.89. The number of hydrogen-bond donors (Lipinski definition) is 2. The Morgan fingerprint density at radius 3 is 2.57 bits per heavy atom. The van der Waals surface area contributed by atoms with Gasteiger partial charge in [-0.2, -0.15) is 5.10 Å². The van der Waals surface area contributed by atoms with E-state index in [2.05, 4.69) is 21.2 Å². The summed E-state index contributed by atoms with van der Waals surface area (Å²) in [6.07, 6.45) is 3.02. The Bertz CT molecular complexity index is 950. The fourth-order valence-electron chi connectivity index (χ4n) is 4.34. The van der Waals surface area contributed by atoms with E-state index in [1.54, 1.807) is 0 Å². The predicted octanol–water partition coefficient (Wildman–Crippen LogP) is 5.08. The highest BCUT2D eigenvalue weighted by atomic mass is 79.9. The van der Waals surface area contributed by atoms with Crippen molar-refractivity contribution in [3.63, 3.8) is 0 Å². The van der Waals surface area contributed by atoms with Crippen LogP contribution in [0.3, 0.4) is 0 Å². The molecule has 5 nitrogen and oxygen atoms in total. The lowest BCUT2D eigenvalue weighted by molar-refractivity contribution is -0.116. The molecule has 0 spiro atoms. The molecule has 2 aromatic rings. The van der Waals surface area contributed by atoms with Gasteiger partial charge in [-0.25, -0.2) is 0 Å². The number of halogens is 2. The number of aliphatic hydroxyl groups excluding tert-OH is 1. The van der Waals surface area contributed by atoms with Crippen LogP contribution in [0.2, 0.25) is 5.02 Å². The summed E-state index contributed by atoms with van der Waals surface area (Å²) in [5.41, 5.74) is 2.27. The molecule has 4 rings (SSSR count). The van der Waals surface area contributed by atoms with Gasteiger partial charge in [0.25, 0.3) is 5.91 Å². The normalized spacial score (nSPS) is 26.4. The number of nitrogens with zero attached hydrogens (tertiary/aromatic N) is 2. The molecule has 7 heteroatoms. The summed E-state index contributed by atoms with van der Waals surface area (Å²) in [6.45, 7) is 2.01. The monoisotopic (exact) mass is 489 g/mol. The van der Waals surface area contributed by atoms with E-state index >= 15 is 0 Å². The largest absolute Gasteiger partial charge is 0.391 e. The van der Waals surface area contributed by atoms with Gasteiger partial charge in [0.1, 0.15) is 5.71 Å². The second kappa shape index (κ2) is 9.08. The van der Waals surface area contributed by atoms with Crippen LogP contribution in [0.15, 0.2) is 58.1 Å². The van der Waals surface area contributed by atoms with Crippen LogP contribution in [0, 0.1) is 5.92 Å². The Morgan fingerprint density at radius 1 is 1.17 bits per heavy atom. The molecule has 0 unspecified atom stereocenters. The van der Waals surface area contributed by atoms with Crippen molar-refractivity contribution < 1.29 is 9.90 Å². The van der Waals surface area contributed by atoms with Crippen LogP contribution in [0.25, 0.3) is 0 Å². The maximum absolute atomic E-state index is 13.1. The van der Waals surface area contributed by atoms with Crippen LogP contribution < -0.4 is 10.3 Å². The minimum atomic E-state index is -0.498. The number of carbonyl (C=O) groups is 1. The molecule has 1 aliphatic heterocycles. The maximum Gasteiger partial charge on any atom is 0.268 e. The molecule has 1 amide bonds.